The van der Waals surface area contributed by atoms with Gasteiger partial charge in [0, 0.05) is 0 Å². The second-order valence-corrected chi connectivity index (χ2v) is 4.35. The minimum absolute atomic E-state index is 0.00611. The van der Waals surface area contributed by atoms with E-state index in [-0.39, 0.29) is 22.0 Å². The summed E-state index contributed by atoms with van der Waals surface area (Å²) in [4.78, 5) is 3.87. The number of ether oxygens (including phenoxy) is 1. The van der Waals surface area contributed by atoms with Crippen LogP contribution in [0.15, 0.2) is 29.4 Å². The molecule has 0 bridgehead atoms. The van der Waals surface area contributed by atoms with Gasteiger partial charge in [0.05, 0.1) is 13.3 Å². The second-order valence-electron chi connectivity index (χ2n) is 3.98. The van der Waals surface area contributed by atoms with E-state index < -0.39 is 0 Å². The Morgan fingerprint density at radius 3 is 2.62 bits per heavy atom. The number of hydrogen-bond acceptors (Lipinski definition) is 7. The van der Waals surface area contributed by atoms with Crippen LogP contribution in [0.3, 0.4) is 0 Å². The average Bonchev–Trinajstić information content (AvgIpc) is 2.51. The van der Waals surface area contributed by atoms with Crippen LogP contribution in [0.25, 0.3) is 0 Å². The van der Waals surface area contributed by atoms with Crippen LogP contribution in [0, 0.1) is 16.1 Å². The monoisotopic (exact) mass is 300 g/mol. The van der Waals surface area contributed by atoms with Gasteiger partial charge in [0.2, 0.25) is 4.77 Å². The maximum atomic E-state index is 8.86. The molecule has 4 N–H and O–H groups in total. The molecule has 0 saturated heterocycles. The smallest absolute Gasteiger partial charge is 0.223 e. The molecule has 1 aromatic carbocycles. The molecular formula is C13H12N6OS. The van der Waals surface area contributed by atoms with Crippen LogP contribution in [0.5, 0.6) is 5.75 Å². The van der Waals surface area contributed by atoms with Crippen molar-refractivity contribution in [1.29, 1.82) is 5.26 Å². The number of aromatic nitrogens is 2. The third-order valence-electron chi connectivity index (χ3n) is 2.69. The van der Waals surface area contributed by atoms with Gasteiger partial charge in [-0.25, -0.2) is 4.98 Å². The molecule has 7 nitrogen and oxygen atoms in total. The predicted molar refractivity (Wildman–Crippen MR) is 82.6 cm³/mol. The van der Waals surface area contributed by atoms with Crippen molar-refractivity contribution < 1.29 is 4.74 Å². The van der Waals surface area contributed by atoms with Crippen LogP contribution in [0.1, 0.15) is 11.3 Å². The molecular weight excluding hydrogens is 288 g/mol. The summed E-state index contributed by atoms with van der Waals surface area (Å²) in [6.07, 6.45) is 1.55. The predicted octanol–water partition coefficient (Wildman–Crippen LogP) is 1.54. The number of nitrogen functional groups attached to an aromatic ring is 2. The van der Waals surface area contributed by atoms with Gasteiger partial charge in [0.1, 0.15) is 17.5 Å². The number of nitrogens with zero attached hydrogens (tertiary/aromatic N) is 4. The van der Waals surface area contributed by atoms with Crippen LogP contribution < -0.4 is 16.2 Å². The first-order chi connectivity index (χ1) is 10.1. The van der Waals surface area contributed by atoms with E-state index in [0.717, 1.165) is 11.3 Å². The van der Waals surface area contributed by atoms with E-state index in [2.05, 4.69) is 10.1 Å². The lowest BCUT2D eigenvalue weighted by Crippen LogP contribution is -2.10. The number of anilines is 2. The Morgan fingerprint density at radius 2 is 2.05 bits per heavy atom. The first-order valence-electron chi connectivity index (χ1n) is 5.83. The normalized spacial score (nSPS) is 10.5. The van der Waals surface area contributed by atoms with Gasteiger partial charge in [0.15, 0.2) is 11.5 Å². The van der Waals surface area contributed by atoms with Gasteiger partial charge in [-0.3, -0.25) is 0 Å². The Kier molecular flexibility index (Phi) is 4.15. The summed E-state index contributed by atoms with van der Waals surface area (Å²) in [5.74, 6) is 0.823. The van der Waals surface area contributed by atoms with E-state index in [1.165, 1.54) is 4.68 Å². The molecule has 0 spiro atoms. The Morgan fingerprint density at radius 1 is 1.38 bits per heavy atom. The van der Waals surface area contributed by atoms with Crippen molar-refractivity contribution in [1.82, 2.24) is 9.66 Å². The zero-order valence-corrected chi connectivity index (χ0v) is 12.0. The second kappa shape index (κ2) is 6.02. The van der Waals surface area contributed by atoms with Gasteiger partial charge >= 0.3 is 0 Å². The van der Waals surface area contributed by atoms with Crippen LogP contribution in [-0.2, 0) is 0 Å². The molecule has 0 aliphatic heterocycles. The van der Waals surface area contributed by atoms with Crippen LogP contribution in [0.2, 0.25) is 0 Å². The van der Waals surface area contributed by atoms with Crippen molar-refractivity contribution in [2.24, 2.45) is 5.10 Å². The summed E-state index contributed by atoms with van der Waals surface area (Å²) >= 11 is 5.04. The van der Waals surface area contributed by atoms with Crippen LogP contribution in [-0.4, -0.2) is 23.0 Å². The largest absolute Gasteiger partial charge is 0.497 e. The van der Waals surface area contributed by atoms with Gasteiger partial charge in [-0.2, -0.15) is 15.0 Å². The van der Waals surface area contributed by atoms with Crippen molar-refractivity contribution >= 4 is 29.9 Å². The standard InChI is InChI=1S/C13H12N6OS/c1-20-9-4-2-8(3-5-9)7-17-19-12(16)11(15)10(6-14)18-13(19)21/h2-5,7H,15-16H2,1H3/b17-7+. The zero-order valence-electron chi connectivity index (χ0n) is 11.1. The molecule has 0 aliphatic rings. The number of nitrogens with two attached hydrogens (primary N) is 2. The lowest BCUT2D eigenvalue weighted by molar-refractivity contribution is 0.415. The summed E-state index contributed by atoms with van der Waals surface area (Å²) in [7, 11) is 1.59. The first kappa shape index (κ1) is 14.5. The molecule has 0 amide bonds. The molecule has 0 radical (unpaired) electrons. The fourth-order valence-electron chi connectivity index (χ4n) is 1.55. The zero-order chi connectivity index (χ0) is 15.4. The average molecular weight is 300 g/mol. The molecule has 1 aromatic heterocycles. The molecule has 0 unspecified atom stereocenters. The van der Waals surface area contributed by atoms with Crippen molar-refractivity contribution in [3.8, 4) is 11.8 Å². The first-order valence-corrected chi connectivity index (χ1v) is 6.24. The van der Waals surface area contributed by atoms with E-state index in [1.54, 1.807) is 25.5 Å². The number of benzene rings is 1. The summed E-state index contributed by atoms with van der Waals surface area (Å²) in [6, 6.07) is 9.07. The van der Waals surface area contributed by atoms with Gasteiger partial charge < -0.3 is 16.2 Å². The molecule has 0 fully saturated rings. The molecule has 0 aliphatic carbocycles. The van der Waals surface area contributed by atoms with Crippen LogP contribution >= 0.6 is 12.2 Å². The number of nitriles is 1. The van der Waals surface area contributed by atoms with Crippen molar-refractivity contribution in [2.75, 3.05) is 18.6 Å². The summed E-state index contributed by atoms with van der Waals surface area (Å²) in [5, 5.41) is 13.0. The summed E-state index contributed by atoms with van der Waals surface area (Å²) in [6.45, 7) is 0. The Balaban J connectivity index is 2.39. The van der Waals surface area contributed by atoms with Crippen LogP contribution in [0.4, 0.5) is 11.5 Å². The molecule has 21 heavy (non-hydrogen) atoms. The van der Waals surface area contributed by atoms with Gasteiger partial charge in [0.25, 0.3) is 0 Å². The van der Waals surface area contributed by atoms with Crippen molar-refractivity contribution in [2.45, 2.75) is 0 Å². The topological polar surface area (TPSA) is 115 Å². The molecule has 0 atom stereocenters. The van der Waals surface area contributed by atoms with E-state index in [0.29, 0.717) is 0 Å². The highest BCUT2D eigenvalue weighted by Crippen LogP contribution is 2.18. The molecule has 8 heteroatoms. The molecule has 1 heterocycles. The molecule has 0 saturated carbocycles. The highest BCUT2D eigenvalue weighted by Gasteiger charge is 2.09. The van der Waals surface area contributed by atoms with Crippen molar-refractivity contribution in [3.05, 3.63) is 40.3 Å². The Hall–Kier alpha value is -2.92. The minimum Gasteiger partial charge on any atom is -0.497 e. The lowest BCUT2D eigenvalue weighted by atomic mass is 10.2. The third kappa shape index (κ3) is 2.98. The Bertz CT molecular complexity index is 788. The van der Waals surface area contributed by atoms with Gasteiger partial charge in [-0.05, 0) is 42.0 Å². The fourth-order valence-corrected chi connectivity index (χ4v) is 1.79. The lowest BCUT2D eigenvalue weighted by Gasteiger charge is -2.07. The number of methoxy groups -OCH3 is 1. The van der Waals surface area contributed by atoms with E-state index >= 15 is 0 Å². The maximum Gasteiger partial charge on any atom is 0.223 e. The van der Waals surface area contributed by atoms with E-state index in [4.69, 9.17) is 33.7 Å². The minimum atomic E-state index is -0.00611. The molecule has 106 valence electrons. The summed E-state index contributed by atoms with van der Waals surface area (Å²) < 4.78 is 6.33. The van der Waals surface area contributed by atoms with E-state index in [1.807, 2.05) is 18.2 Å². The van der Waals surface area contributed by atoms with Gasteiger partial charge in [-0.1, -0.05) is 0 Å². The Labute approximate surface area is 126 Å². The SMILES string of the molecule is COc1ccc(/C=N/n2c(N)c(N)c(C#N)nc2=S)cc1. The third-order valence-corrected chi connectivity index (χ3v) is 2.96. The summed E-state index contributed by atoms with van der Waals surface area (Å²) in [5.41, 5.74) is 12.4. The van der Waals surface area contributed by atoms with Gasteiger partial charge in [-0.15, -0.1) is 0 Å². The fraction of sp³-hybridized carbons (Fsp3) is 0.0769. The highest BCUT2D eigenvalue weighted by molar-refractivity contribution is 7.71. The molecule has 2 aromatic rings. The maximum absolute atomic E-state index is 8.86. The van der Waals surface area contributed by atoms with Crippen molar-refractivity contribution in [3.63, 3.8) is 0 Å². The van der Waals surface area contributed by atoms with E-state index in [9.17, 15) is 0 Å². The quantitative estimate of drug-likeness (QED) is 0.656. The molecule has 2 rings (SSSR count). The number of hydrogen-bond donors (Lipinski definition) is 2. The number of rotatable bonds is 3. The highest BCUT2D eigenvalue weighted by atomic mass is 32.1.